The number of aryl methyl sites for hydroxylation is 1. The summed E-state index contributed by atoms with van der Waals surface area (Å²) in [5.41, 5.74) is 4.02. The summed E-state index contributed by atoms with van der Waals surface area (Å²) in [6.07, 6.45) is -1.11. The maximum absolute atomic E-state index is 13.5. The zero-order chi connectivity index (χ0) is 27.2. The second-order valence-electron chi connectivity index (χ2n) is 8.56. The lowest BCUT2D eigenvalue weighted by Gasteiger charge is -2.35. The van der Waals surface area contributed by atoms with E-state index in [1.807, 2.05) is 6.92 Å². The zero-order valence-electron chi connectivity index (χ0n) is 20.4. The number of amidine groups is 1. The zero-order valence-corrected chi connectivity index (χ0v) is 21.2. The maximum Gasteiger partial charge on any atom is 0.407 e. The van der Waals surface area contributed by atoms with Gasteiger partial charge in [0.25, 0.3) is 0 Å². The Hall–Kier alpha value is -3.97. The smallest absolute Gasteiger partial charge is 0.407 e. The third-order valence-corrected chi connectivity index (χ3v) is 7.23. The van der Waals surface area contributed by atoms with E-state index in [9.17, 15) is 27.9 Å². The van der Waals surface area contributed by atoms with Crippen LogP contribution in [0.3, 0.4) is 0 Å². The van der Waals surface area contributed by atoms with Crippen molar-refractivity contribution in [2.45, 2.75) is 31.2 Å². The molecule has 1 heterocycles. The molecule has 2 aromatic rings. The first-order chi connectivity index (χ1) is 17.5. The Bertz CT molecular complexity index is 1270. The summed E-state index contributed by atoms with van der Waals surface area (Å²) >= 11 is 0. The number of sulfonamides is 1. The van der Waals surface area contributed by atoms with Crippen molar-refractivity contribution in [2.75, 3.05) is 26.2 Å². The number of rotatable bonds is 7. The average Bonchev–Trinajstić information content (AvgIpc) is 2.86. The van der Waals surface area contributed by atoms with E-state index in [4.69, 9.17) is 5.41 Å². The topological polar surface area (TPSA) is 169 Å². The Morgan fingerprint density at radius 3 is 2.27 bits per heavy atom. The van der Waals surface area contributed by atoms with E-state index in [1.165, 1.54) is 28.9 Å². The van der Waals surface area contributed by atoms with Gasteiger partial charge in [-0.2, -0.15) is 4.72 Å². The molecule has 13 heteroatoms. The lowest BCUT2D eigenvalue weighted by molar-refractivity contribution is -0.145. The first-order valence-electron chi connectivity index (χ1n) is 11.4. The molecule has 0 bridgehead atoms. The number of carbonyl (C=O) groups is 3. The Labute approximate surface area is 214 Å². The minimum atomic E-state index is -4.06. The van der Waals surface area contributed by atoms with Crippen molar-refractivity contribution in [2.24, 2.45) is 0 Å². The molecule has 4 N–H and O–H groups in total. The third kappa shape index (κ3) is 7.51. The summed E-state index contributed by atoms with van der Waals surface area (Å²) in [6.45, 7) is 3.51. The van der Waals surface area contributed by atoms with E-state index < -0.39 is 34.0 Å². The number of benzene rings is 2. The molecule has 1 fully saturated rings. The SMILES string of the molecule is CC(=O)ONC(=N)c1cccc(C[C@H](NS(=O)(=O)c2ccc(C)cc2)C(=O)N2CCN(C(=O)O)CC2)c1. The molecule has 3 rings (SSSR count). The Morgan fingerprint density at radius 2 is 1.68 bits per heavy atom. The molecule has 0 saturated carbocycles. The molecule has 12 nitrogen and oxygen atoms in total. The van der Waals surface area contributed by atoms with Gasteiger partial charge in [-0.05, 0) is 37.1 Å². The van der Waals surface area contributed by atoms with Crippen LogP contribution in [0.2, 0.25) is 0 Å². The molecule has 0 aliphatic carbocycles. The number of carboxylic acid groups (broad SMARTS) is 1. The van der Waals surface area contributed by atoms with Crippen LogP contribution in [0, 0.1) is 12.3 Å². The van der Waals surface area contributed by atoms with Gasteiger partial charge in [-0.1, -0.05) is 35.9 Å². The van der Waals surface area contributed by atoms with Crippen LogP contribution in [-0.4, -0.2) is 79.4 Å². The third-order valence-electron chi connectivity index (χ3n) is 5.74. The average molecular weight is 532 g/mol. The number of nitrogens with zero attached hydrogens (tertiary/aromatic N) is 2. The largest absolute Gasteiger partial charge is 0.465 e. The second-order valence-corrected chi connectivity index (χ2v) is 10.3. The van der Waals surface area contributed by atoms with Crippen LogP contribution >= 0.6 is 0 Å². The van der Waals surface area contributed by atoms with Gasteiger partial charge in [0.1, 0.15) is 6.04 Å². The van der Waals surface area contributed by atoms with Crippen LogP contribution in [0.25, 0.3) is 0 Å². The predicted octanol–water partition coefficient (Wildman–Crippen LogP) is 1.10. The molecule has 1 atom stereocenters. The first kappa shape index (κ1) is 27.6. The lowest BCUT2D eigenvalue weighted by atomic mass is 10.0. The fourth-order valence-corrected chi connectivity index (χ4v) is 4.95. The van der Waals surface area contributed by atoms with Gasteiger partial charge in [-0.3, -0.25) is 15.0 Å². The van der Waals surface area contributed by atoms with E-state index in [2.05, 4.69) is 15.0 Å². The van der Waals surface area contributed by atoms with E-state index in [1.54, 1.807) is 36.4 Å². The van der Waals surface area contributed by atoms with Crippen LogP contribution in [0.4, 0.5) is 4.79 Å². The normalized spacial score (nSPS) is 14.5. The Morgan fingerprint density at radius 1 is 1.05 bits per heavy atom. The highest BCUT2D eigenvalue weighted by molar-refractivity contribution is 7.89. The maximum atomic E-state index is 13.5. The van der Waals surface area contributed by atoms with Gasteiger partial charge in [0.05, 0.1) is 4.90 Å². The minimum absolute atomic E-state index is 0.00714. The van der Waals surface area contributed by atoms with Gasteiger partial charge < -0.3 is 19.7 Å². The molecule has 1 aliphatic heterocycles. The van der Waals surface area contributed by atoms with Crippen molar-refractivity contribution >= 4 is 33.8 Å². The Kier molecular flexibility index (Phi) is 8.84. The predicted molar refractivity (Wildman–Crippen MR) is 133 cm³/mol. The molecule has 37 heavy (non-hydrogen) atoms. The molecule has 0 radical (unpaired) electrons. The van der Waals surface area contributed by atoms with Crippen LogP contribution in [-0.2, 0) is 30.9 Å². The van der Waals surface area contributed by atoms with Crippen LogP contribution in [0.15, 0.2) is 53.4 Å². The van der Waals surface area contributed by atoms with E-state index >= 15 is 0 Å². The highest BCUT2D eigenvalue weighted by Gasteiger charge is 2.32. The van der Waals surface area contributed by atoms with E-state index in [0.717, 1.165) is 5.56 Å². The van der Waals surface area contributed by atoms with Gasteiger partial charge in [-0.25, -0.2) is 18.7 Å². The van der Waals surface area contributed by atoms with Crippen molar-refractivity contribution in [3.05, 3.63) is 65.2 Å². The number of carbonyl (C=O) groups excluding carboxylic acids is 2. The monoisotopic (exact) mass is 531 g/mol. The van der Waals surface area contributed by atoms with Gasteiger partial charge in [0.2, 0.25) is 15.9 Å². The summed E-state index contributed by atoms with van der Waals surface area (Å²) in [5.74, 6) is -1.30. The fraction of sp³-hybridized carbons (Fsp3) is 0.333. The molecule has 0 unspecified atom stereocenters. The quantitative estimate of drug-likeness (QED) is 0.234. The summed E-state index contributed by atoms with van der Waals surface area (Å²) < 4.78 is 28.8. The number of nitrogens with one attached hydrogen (secondary N) is 3. The van der Waals surface area contributed by atoms with Crippen LogP contribution in [0.1, 0.15) is 23.6 Å². The molecule has 1 aliphatic rings. The number of amides is 2. The van der Waals surface area contributed by atoms with Crippen molar-refractivity contribution < 1.29 is 32.7 Å². The highest BCUT2D eigenvalue weighted by atomic mass is 32.2. The number of hydroxylamine groups is 1. The molecule has 2 amide bonds. The molecule has 0 aromatic heterocycles. The van der Waals surface area contributed by atoms with E-state index in [0.29, 0.717) is 11.1 Å². The van der Waals surface area contributed by atoms with Crippen molar-refractivity contribution in [1.82, 2.24) is 20.0 Å². The number of hydrogen-bond donors (Lipinski definition) is 4. The molecule has 0 spiro atoms. The molecule has 1 saturated heterocycles. The van der Waals surface area contributed by atoms with Crippen molar-refractivity contribution in [3.63, 3.8) is 0 Å². The molecule has 2 aromatic carbocycles. The minimum Gasteiger partial charge on any atom is -0.465 e. The second kappa shape index (κ2) is 11.8. The lowest BCUT2D eigenvalue weighted by Crippen LogP contribution is -2.56. The standard InChI is InChI=1S/C24H29N5O7S/c1-16-6-8-20(9-7-16)37(34,35)27-21(23(31)28-10-12-29(13-11-28)24(32)33)15-18-4-3-5-19(14-18)22(25)26-36-17(2)30/h3-9,14,21,27H,10-13,15H2,1-2H3,(H2,25,26)(H,32,33)/t21-/m0/s1. The van der Waals surface area contributed by atoms with Crippen molar-refractivity contribution in [1.29, 1.82) is 5.41 Å². The first-order valence-corrected chi connectivity index (χ1v) is 12.9. The van der Waals surface area contributed by atoms with Gasteiger partial charge in [0, 0.05) is 38.7 Å². The van der Waals surface area contributed by atoms with Gasteiger partial charge in [-0.15, -0.1) is 0 Å². The molecular formula is C24H29N5O7S. The molecular weight excluding hydrogens is 502 g/mol. The fourth-order valence-electron chi connectivity index (χ4n) is 3.76. The summed E-state index contributed by atoms with van der Waals surface area (Å²) in [5, 5.41) is 17.2. The van der Waals surface area contributed by atoms with Crippen molar-refractivity contribution in [3.8, 4) is 0 Å². The Balaban J connectivity index is 1.85. The van der Waals surface area contributed by atoms with Crippen LogP contribution < -0.4 is 10.2 Å². The summed E-state index contributed by atoms with van der Waals surface area (Å²) in [4.78, 5) is 43.0. The summed E-state index contributed by atoms with van der Waals surface area (Å²) in [7, 11) is -4.06. The number of piperazine rings is 1. The van der Waals surface area contributed by atoms with Gasteiger partial charge in [0.15, 0.2) is 5.84 Å². The van der Waals surface area contributed by atoms with Crippen LogP contribution in [0.5, 0.6) is 0 Å². The van der Waals surface area contributed by atoms with Gasteiger partial charge >= 0.3 is 12.1 Å². The molecule has 198 valence electrons. The van der Waals surface area contributed by atoms with E-state index in [-0.39, 0.29) is 43.3 Å². The summed E-state index contributed by atoms with van der Waals surface area (Å²) in [6, 6.07) is 11.5. The number of hydrogen-bond acceptors (Lipinski definition) is 7. The highest BCUT2D eigenvalue weighted by Crippen LogP contribution is 2.16.